The quantitative estimate of drug-likeness (QED) is 0.637. The lowest BCUT2D eigenvalue weighted by molar-refractivity contribution is -0.119. The number of rotatable bonds is 9. The van der Waals surface area contributed by atoms with Gasteiger partial charge in [0.2, 0.25) is 21.7 Å². The lowest BCUT2D eigenvalue weighted by atomic mass is 10.1. The van der Waals surface area contributed by atoms with Gasteiger partial charge in [0.1, 0.15) is 6.54 Å². The Hall–Kier alpha value is -3.08. The maximum atomic E-state index is 13.5. The zero-order valence-electron chi connectivity index (χ0n) is 16.9. The highest BCUT2D eigenvalue weighted by Crippen LogP contribution is 2.38. The number of carbonyl (C=O) groups excluding carboxylic acids is 1. The number of nitrogens with zero attached hydrogens (tertiary/aromatic N) is 1. The average molecular weight is 444 g/mol. The lowest BCUT2D eigenvalue weighted by Gasteiger charge is -2.22. The van der Waals surface area contributed by atoms with Crippen LogP contribution in [0.3, 0.4) is 0 Å². The van der Waals surface area contributed by atoms with E-state index < -0.39 is 34.1 Å². The van der Waals surface area contributed by atoms with Gasteiger partial charge in [-0.3, -0.25) is 9.10 Å². The van der Waals surface area contributed by atoms with Gasteiger partial charge in [-0.15, -0.1) is 0 Å². The zero-order valence-corrected chi connectivity index (χ0v) is 17.7. The Labute approximate surface area is 173 Å². The van der Waals surface area contributed by atoms with Gasteiger partial charge in [-0.1, -0.05) is 0 Å². The monoisotopic (exact) mass is 444 g/mol. The van der Waals surface area contributed by atoms with E-state index >= 15 is 0 Å². The van der Waals surface area contributed by atoms with Crippen molar-refractivity contribution in [2.75, 3.05) is 38.4 Å². The second-order valence-electron chi connectivity index (χ2n) is 6.18. The zero-order chi connectivity index (χ0) is 22.5. The molecule has 0 heterocycles. The van der Waals surface area contributed by atoms with Crippen LogP contribution in [0.25, 0.3) is 0 Å². The molecule has 0 aliphatic carbocycles. The topological polar surface area (TPSA) is 94.2 Å². The molecule has 8 nitrogen and oxygen atoms in total. The lowest BCUT2D eigenvalue weighted by Crippen LogP contribution is -2.40. The van der Waals surface area contributed by atoms with Gasteiger partial charge in [-0.05, 0) is 29.8 Å². The van der Waals surface area contributed by atoms with E-state index in [9.17, 15) is 22.0 Å². The highest BCUT2D eigenvalue weighted by molar-refractivity contribution is 7.92. The first kappa shape index (κ1) is 23.2. The third-order valence-electron chi connectivity index (χ3n) is 4.09. The first-order chi connectivity index (χ1) is 14.1. The summed E-state index contributed by atoms with van der Waals surface area (Å²) in [5.41, 5.74) is 0.441. The molecule has 0 aromatic heterocycles. The van der Waals surface area contributed by atoms with Crippen molar-refractivity contribution in [1.82, 2.24) is 5.32 Å². The summed E-state index contributed by atoms with van der Waals surface area (Å²) in [5, 5.41) is 2.57. The molecule has 1 amide bonds. The molecule has 0 saturated carbocycles. The number of hydrogen-bond acceptors (Lipinski definition) is 6. The summed E-state index contributed by atoms with van der Waals surface area (Å²) < 4.78 is 67.2. The van der Waals surface area contributed by atoms with Crippen LogP contribution in [0, 0.1) is 11.6 Å². The van der Waals surface area contributed by atoms with Crippen LogP contribution in [0.4, 0.5) is 14.5 Å². The van der Waals surface area contributed by atoms with E-state index in [4.69, 9.17) is 14.2 Å². The fraction of sp³-hybridized carbons (Fsp3) is 0.316. The molecular formula is C19H22F2N2O6S. The van der Waals surface area contributed by atoms with Gasteiger partial charge in [-0.25, -0.2) is 17.2 Å². The van der Waals surface area contributed by atoms with Crippen molar-refractivity contribution in [3.05, 3.63) is 47.5 Å². The van der Waals surface area contributed by atoms with Crippen molar-refractivity contribution in [3.8, 4) is 17.2 Å². The smallest absolute Gasteiger partial charge is 0.241 e. The van der Waals surface area contributed by atoms with Crippen LogP contribution in [0.1, 0.15) is 5.56 Å². The molecule has 0 radical (unpaired) electrons. The Morgan fingerprint density at radius 1 is 1.00 bits per heavy atom. The number of nitrogens with one attached hydrogen (secondary N) is 1. The number of benzene rings is 2. The van der Waals surface area contributed by atoms with Crippen LogP contribution in [0.5, 0.6) is 17.2 Å². The van der Waals surface area contributed by atoms with Crippen molar-refractivity contribution in [2.24, 2.45) is 0 Å². The molecule has 0 fully saturated rings. The van der Waals surface area contributed by atoms with E-state index in [2.05, 4.69) is 5.32 Å². The highest BCUT2D eigenvalue weighted by atomic mass is 32.2. The molecule has 11 heteroatoms. The number of ether oxygens (including phenoxy) is 3. The third-order valence-corrected chi connectivity index (χ3v) is 5.23. The first-order valence-electron chi connectivity index (χ1n) is 8.59. The van der Waals surface area contributed by atoms with E-state index in [1.165, 1.54) is 21.3 Å². The number of methoxy groups -OCH3 is 3. The minimum absolute atomic E-state index is 0.0327. The average Bonchev–Trinajstić information content (AvgIpc) is 2.70. The Morgan fingerprint density at radius 3 is 2.07 bits per heavy atom. The first-order valence-corrected chi connectivity index (χ1v) is 10.4. The summed E-state index contributed by atoms with van der Waals surface area (Å²) in [6.45, 7) is -0.584. The summed E-state index contributed by atoms with van der Waals surface area (Å²) in [6.07, 6.45) is 0.862. The summed E-state index contributed by atoms with van der Waals surface area (Å²) in [5.74, 6) is -1.84. The van der Waals surface area contributed by atoms with E-state index in [-0.39, 0.29) is 12.2 Å². The maximum absolute atomic E-state index is 13.5. The third kappa shape index (κ3) is 5.50. The van der Waals surface area contributed by atoms with Crippen molar-refractivity contribution < 1.29 is 36.2 Å². The van der Waals surface area contributed by atoms with Gasteiger partial charge >= 0.3 is 0 Å². The Kier molecular flexibility index (Phi) is 7.43. The fourth-order valence-electron chi connectivity index (χ4n) is 2.66. The number of hydrogen-bond donors (Lipinski definition) is 1. The molecule has 0 bridgehead atoms. The molecule has 1 N–H and O–H groups in total. The van der Waals surface area contributed by atoms with Gasteiger partial charge in [-0.2, -0.15) is 0 Å². The SMILES string of the molecule is COc1cc(CNC(=O)CN(c2ccc(F)c(F)c2)S(C)(=O)=O)cc(OC)c1OC. The molecule has 30 heavy (non-hydrogen) atoms. The molecule has 0 saturated heterocycles. The molecule has 2 aromatic rings. The molecule has 0 spiro atoms. The second-order valence-corrected chi connectivity index (χ2v) is 8.09. The van der Waals surface area contributed by atoms with Crippen LogP contribution in [0.2, 0.25) is 0 Å². The normalized spacial score (nSPS) is 11.0. The van der Waals surface area contributed by atoms with E-state index in [0.717, 1.165) is 18.4 Å². The van der Waals surface area contributed by atoms with Gasteiger partial charge in [0.15, 0.2) is 23.1 Å². The molecule has 0 atom stereocenters. The van der Waals surface area contributed by atoms with Gasteiger partial charge in [0.25, 0.3) is 0 Å². The van der Waals surface area contributed by atoms with Crippen molar-refractivity contribution >= 4 is 21.6 Å². The Balaban J connectivity index is 2.18. The number of sulfonamides is 1. The van der Waals surface area contributed by atoms with E-state index in [0.29, 0.717) is 33.2 Å². The molecule has 0 aliphatic heterocycles. The minimum atomic E-state index is -3.93. The fourth-order valence-corrected chi connectivity index (χ4v) is 3.51. The van der Waals surface area contributed by atoms with Crippen LogP contribution in [0.15, 0.2) is 30.3 Å². The van der Waals surface area contributed by atoms with Crippen molar-refractivity contribution in [1.29, 1.82) is 0 Å². The maximum Gasteiger partial charge on any atom is 0.241 e. The number of halogens is 2. The molecule has 0 aliphatic rings. The second kappa shape index (κ2) is 9.61. The van der Waals surface area contributed by atoms with Crippen LogP contribution in [-0.2, 0) is 21.4 Å². The van der Waals surface area contributed by atoms with Gasteiger partial charge < -0.3 is 19.5 Å². The summed E-state index contributed by atoms with van der Waals surface area (Å²) >= 11 is 0. The summed E-state index contributed by atoms with van der Waals surface area (Å²) in [7, 11) is 0.429. The number of anilines is 1. The molecule has 164 valence electrons. The van der Waals surface area contributed by atoms with E-state index in [1.54, 1.807) is 12.1 Å². The van der Waals surface area contributed by atoms with Crippen LogP contribution in [-0.4, -0.2) is 48.5 Å². The van der Waals surface area contributed by atoms with Crippen molar-refractivity contribution in [3.63, 3.8) is 0 Å². The largest absolute Gasteiger partial charge is 0.493 e. The predicted molar refractivity (Wildman–Crippen MR) is 106 cm³/mol. The predicted octanol–water partition coefficient (Wildman–Crippen LogP) is 2.07. The molecular weight excluding hydrogens is 422 g/mol. The number of carbonyl (C=O) groups is 1. The Morgan fingerprint density at radius 2 is 1.60 bits per heavy atom. The molecule has 2 rings (SSSR count). The Bertz CT molecular complexity index is 1000. The summed E-state index contributed by atoms with van der Waals surface area (Å²) in [6, 6.07) is 5.84. The van der Waals surface area contributed by atoms with Crippen LogP contribution < -0.4 is 23.8 Å². The molecule has 0 unspecified atom stereocenters. The van der Waals surface area contributed by atoms with Crippen molar-refractivity contribution in [2.45, 2.75) is 6.54 Å². The van der Waals surface area contributed by atoms with Gasteiger partial charge in [0, 0.05) is 12.6 Å². The minimum Gasteiger partial charge on any atom is -0.493 e. The molecule has 2 aromatic carbocycles. The highest BCUT2D eigenvalue weighted by Gasteiger charge is 2.22. The van der Waals surface area contributed by atoms with Gasteiger partial charge in [0.05, 0.1) is 33.3 Å². The van der Waals surface area contributed by atoms with Crippen LogP contribution >= 0.6 is 0 Å². The number of amides is 1. The van der Waals surface area contributed by atoms with E-state index in [1.807, 2.05) is 0 Å². The summed E-state index contributed by atoms with van der Waals surface area (Å²) in [4.78, 5) is 12.4. The standard InChI is InChI=1S/C19H22F2N2O6S/c1-27-16-7-12(8-17(28-2)19(16)29-3)10-22-18(24)11-23(30(4,25)26)13-5-6-14(20)15(21)9-13/h5-9H,10-11H2,1-4H3,(H,22,24).